The summed E-state index contributed by atoms with van der Waals surface area (Å²) < 4.78 is 29.4. The van der Waals surface area contributed by atoms with Crippen molar-refractivity contribution in [1.29, 1.82) is 0 Å². The van der Waals surface area contributed by atoms with Crippen LogP contribution in [0.25, 0.3) is 0 Å². The van der Waals surface area contributed by atoms with Gasteiger partial charge >= 0.3 is 0 Å². The smallest absolute Gasteiger partial charge is 0.203 e. The Morgan fingerprint density at radius 2 is 1.77 bits per heavy atom. The van der Waals surface area contributed by atoms with Crippen LogP contribution in [0.15, 0.2) is 36.4 Å². The van der Waals surface area contributed by atoms with Gasteiger partial charge in [-0.1, -0.05) is 12.1 Å². The van der Waals surface area contributed by atoms with E-state index in [1.165, 1.54) is 12.1 Å². The van der Waals surface area contributed by atoms with E-state index in [9.17, 15) is 4.39 Å². The van der Waals surface area contributed by atoms with Crippen molar-refractivity contribution in [3.05, 3.63) is 53.3 Å². The highest BCUT2D eigenvalue weighted by molar-refractivity contribution is 5.54. The highest BCUT2D eigenvalue weighted by Gasteiger charge is 2.18. The Morgan fingerprint density at radius 1 is 1.05 bits per heavy atom. The topological polar surface area (TPSA) is 39.7 Å². The van der Waals surface area contributed by atoms with Crippen molar-refractivity contribution < 1.29 is 18.6 Å². The van der Waals surface area contributed by atoms with E-state index in [1.807, 2.05) is 12.1 Å². The van der Waals surface area contributed by atoms with E-state index in [1.54, 1.807) is 19.2 Å². The molecular formula is C17H18FNO3. The van der Waals surface area contributed by atoms with Gasteiger partial charge in [-0.25, -0.2) is 4.39 Å². The summed E-state index contributed by atoms with van der Waals surface area (Å²) in [7, 11) is 1.61. The van der Waals surface area contributed by atoms with Crippen LogP contribution >= 0.6 is 0 Å². The molecule has 1 heterocycles. The van der Waals surface area contributed by atoms with E-state index < -0.39 is 0 Å². The lowest BCUT2D eigenvalue weighted by molar-refractivity contribution is 0.165. The molecule has 0 saturated heterocycles. The summed E-state index contributed by atoms with van der Waals surface area (Å²) in [6.07, 6.45) is 0. The second-order valence-electron chi connectivity index (χ2n) is 5.05. The zero-order chi connectivity index (χ0) is 15.4. The Balaban J connectivity index is 1.66. The Bertz CT molecular complexity index is 626. The zero-order valence-corrected chi connectivity index (χ0v) is 12.4. The Labute approximate surface area is 128 Å². The van der Waals surface area contributed by atoms with E-state index in [-0.39, 0.29) is 5.82 Å². The van der Waals surface area contributed by atoms with Crippen molar-refractivity contribution in [2.75, 3.05) is 20.3 Å². The summed E-state index contributed by atoms with van der Waals surface area (Å²) in [5.74, 6) is 1.83. The van der Waals surface area contributed by atoms with Crippen molar-refractivity contribution >= 4 is 0 Å². The molecule has 1 aliphatic heterocycles. The van der Waals surface area contributed by atoms with Gasteiger partial charge in [0.1, 0.15) is 19.0 Å². The zero-order valence-electron chi connectivity index (χ0n) is 12.4. The first-order valence-electron chi connectivity index (χ1n) is 7.18. The van der Waals surface area contributed by atoms with Crippen molar-refractivity contribution in [1.82, 2.24) is 5.32 Å². The molecule has 0 aliphatic carbocycles. The quantitative estimate of drug-likeness (QED) is 0.922. The van der Waals surface area contributed by atoms with Crippen molar-refractivity contribution in [2.45, 2.75) is 13.1 Å². The minimum atomic E-state index is -0.222. The average molecular weight is 303 g/mol. The molecular weight excluding hydrogens is 285 g/mol. The molecule has 0 saturated carbocycles. The first-order chi connectivity index (χ1) is 10.8. The number of hydrogen-bond donors (Lipinski definition) is 1. The molecule has 2 aromatic carbocycles. The lowest BCUT2D eigenvalue weighted by atomic mass is 10.1. The van der Waals surface area contributed by atoms with E-state index in [2.05, 4.69) is 5.32 Å². The normalized spacial score (nSPS) is 13.0. The predicted molar refractivity (Wildman–Crippen MR) is 80.9 cm³/mol. The summed E-state index contributed by atoms with van der Waals surface area (Å²) in [4.78, 5) is 0. The van der Waals surface area contributed by atoms with Crippen LogP contribution in [0.4, 0.5) is 4.39 Å². The van der Waals surface area contributed by atoms with Crippen LogP contribution in [0, 0.1) is 5.82 Å². The first kappa shape index (κ1) is 14.7. The minimum absolute atomic E-state index is 0.222. The van der Waals surface area contributed by atoms with Crippen LogP contribution in [0.5, 0.6) is 17.2 Å². The number of methoxy groups -OCH3 is 1. The maximum atomic E-state index is 12.9. The standard InChI is InChI=1S/C17H18FNO3/c1-20-15-8-13(9-16-17(15)22-7-6-21-16)11-19-10-12-2-4-14(18)5-3-12/h2-5,8-9,19H,6-7,10-11H2,1H3. The first-order valence-corrected chi connectivity index (χ1v) is 7.18. The third-order valence-corrected chi connectivity index (χ3v) is 3.46. The molecule has 0 radical (unpaired) electrons. The number of ether oxygens (including phenoxy) is 3. The van der Waals surface area contributed by atoms with Gasteiger partial charge in [-0.3, -0.25) is 0 Å². The van der Waals surface area contributed by atoms with Crippen LogP contribution in [-0.4, -0.2) is 20.3 Å². The highest BCUT2D eigenvalue weighted by Crippen LogP contribution is 2.40. The monoisotopic (exact) mass is 303 g/mol. The maximum Gasteiger partial charge on any atom is 0.203 e. The Kier molecular flexibility index (Phi) is 4.44. The molecule has 1 N–H and O–H groups in total. The molecule has 116 valence electrons. The fraction of sp³-hybridized carbons (Fsp3) is 0.294. The van der Waals surface area contributed by atoms with E-state index in [0.717, 1.165) is 11.1 Å². The van der Waals surface area contributed by atoms with Crippen LogP contribution in [0.1, 0.15) is 11.1 Å². The van der Waals surface area contributed by atoms with Gasteiger partial charge in [0.25, 0.3) is 0 Å². The fourth-order valence-electron chi connectivity index (χ4n) is 2.38. The summed E-state index contributed by atoms with van der Waals surface area (Å²) in [6, 6.07) is 10.4. The van der Waals surface area contributed by atoms with Crippen LogP contribution in [0.3, 0.4) is 0 Å². The Hall–Kier alpha value is -2.27. The maximum absolute atomic E-state index is 12.9. The van der Waals surface area contributed by atoms with Crippen molar-refractivity contribution in [3.8, 4) is 17.2 Å². The molecule has 0 atom stereocenters. The van der Waals surface area contributed by atoms with Crippen molar-refractivity contribution in [2.24, 2.45) is 0 Å². The largest absolute Gasteiger partial charge is 0.493 e. The number of benzene rings is 2. The molecule has 0 fully saturated rings. The summed E-state index contributed by atoms with van der Waals surface area (Å²) in [5.41, 5.74) is 2.08. The number of halogens is 1. The highest BCUT2D eigenvalue weighted by atomic mass is 19.1. The predicted octanol–water partition coefficient (Wildman–Crippen LogP) is 2.90. The molecule has 22 heavy (non-hydrogen) atoms. The van der Waals surface area contributed by atoms with Gasteiger partial charge in [-0.15, -0.1) is 0 Å². The van der Waals surface area contributed by atoms with Crippen LogP contribution in [0.2, 0.25) is 0 Å². The third-order valence-electron chi connectivity index (χ3n) is 3.46. The number of fused-ring (bicyclic) bond motifs is 1. The average Bonchev–Trinajstić information content (AvgIpc) is 2.56. The van der Waals surface area contributed by atoms with Gasteiger partial charge in [-0.2, -0.15) is 0 Å². The van der Waals surface area contributed by atoms with Crippen LogP contribution in [-0.2, 0) is 13.1 Å². The molecule has 4 nitrogen and oxygen atoms in total. The van der Waals surface area contributed by atoms with Gasteiger partial charge in [0.05, 0.1) is 7.11 Å². The molecule has 0 unspecified atom stereocenters. The molecule has 2 aromatic rings. The minimum Gasteiger partial charge on any atom is -0.493 e. The van der Waals surface area contributed by atoms with Crippen molar-refractivity contribution in [3.63, 3.8) is 0 Å². The van der Waals surface area contributed by atoms with E-state index >= 15 is 0 Å². The third kappa shape index (κ3) is 3.31. The van der Waals surface area contributed by atoms with Crippen LogP contribution < -0.4 is 19.5 Å². The summed E-state index contributed by atoms with van der Waals surface area (Å²) in [5, 5.41) is 3.32. The van der Waals surface area contributed by atoms with E-state index in [4.69, 9.17) is 14.2 Å². The molecule has 0 amide bonds. The lowest BCUT2D eigenvalue weighted by Gasteiger charge is -2.21. The lowest BCUT2D eigenvalue weighted by Crippen LogP contribution is -2.17. The SMILES string of the molecule is COc1cc(CNCc2ccc(F)cc2)cc2c1OCCO2. The Morgan fingerprint density at radius 3 is 2.55 bits per heavy atom. The molecule has 0 spiro atoms. The molecule has 1 aliphatic rings. The number of rotatable bonds is 5. The molecule has 0 aromatic heterocycles. The fourth-order valence-corrected chi connectivity index (χ4v) is 2.38. The second-order valence-corrected chi connectivity index (χ2v) is 5.05. The number of nitrogens with one attached hydrogen (secondary N) is 1. The second kappa shape index (κ2) is 6.66. The van der Waals surface area contributed by atoms with Gasteiger partial charge in [0.2, 0.25) is 5.75 Å². The van der Waals surface area contributed by atoms with Gasteiger partial charge in [-0.05, 0) is 35.4 Å². The molecule has 3 rings (SSSR count). The van der Waals surface area contributed by atoms with Gasteiger partial charge in [0, 0.05) is 13.1 Å². The number of hydrogen-bond acceptors (Lipinski definition) is 4. The summed E-state index contributed by atoms with van der Waals surface area (Å²) >= 11 is 0. The van der Waals surface area contributed by atoms with Gasteiger partial charge < -0.3 is 19.5 Å². The molecule has 0 bridgehead atoms. The molecule has 5 heteroatoms. The van der Waals surface area contributed by atoms with E-state index in [0.29, 0.717) is 43.6 Å². The van der Waals surface area contributed by atoms with Gasteiger partial charge in [0.15, 0.2) is 11.5 Å². The summed E-state index contributed by atoms with van der Waals surface area (Å²) in [6.45, 7) is 2.40.